The minimum absolute atomic E-state index is 0.244. The molecule has 1 N–H and O–H groups in total. The maximum Gasteiger partial charge on any atom is 0.316 e. The Labute approximate surface area is 223 Å². The van der Waals surface area contributed by atoms with Crippen LogP contribution in [-0.2, 0) is 9.59 Å². The maximum atomic E-state index is 12.9. The lowest BCUT2D eigenvalue weighted by atomic mass is 9.77. The average molecular weight is 515 g/mol. The Balaban J connectivity index is 1.59. The van der Waals surface area contributed by atoms with E-state index in [9.17, 15) is 9.59 Å². The van der Waals surface area contributed by atoms with Crippen LogP contribution in [0.25, 0.3) is 0 Å². The van der Waals surface area contributed by atoms with Crippen LogP contribution < -0.4 is 4.74 Å². The minimum Gasteiger partial charge on any atom is -0.426 e. The SMILES string of the molecule is Cc1cc(N=Nc2ccc(N=Nc3ccccc3)cc2)ccc1OC(=O)C(C)(C)CCC(C)(C)C(=O)CO. The summed E-state index contributed by atoms with van der Waals surface area (Å²) in [6.45, 7) is 8.46. The number of hydrogen-bond donors (Lipinski definition) is 1. The lowest BCUT2D eigenvalue weighted by Gasteiger charge is -2.28. The predicted octanol–water partition coefficient (Wildman–Crippen LogP) is 8.13. The van der Waals surface area contributed by atoms with Crippen molar-refractivity contribution in [2.45, 2.75) is 47.5 Å². The Morgan fingerprint density at radius 2 is 1.18 bits per heavy atom. The van der Waals surface area contributed by atoms with Crippen molar-refractivity contribution < 1.29 is 19.4 Å². The molecule has 0 aliphatic rings. The first-order valence-corrected chi connectivity index (χ1v) is 12.5. The quantitative estimate of drug-likeness (QED) is 0.158. The van der Waals surface area contributed by atoms with Crippen LogP contribution in [0.5, 0.6) is 5.75 Å². The third-order valence-corrected chi connectivity index (χ3v) is 6.35. The Hall–Kier alpha value is -4.04. The first kappa shape index (κ1) is 28.5. The van der Waals surface area contributed by atoms with Gasteiger partial charge in [0.2, 0.25) is 0 Å². The van der Waals surface area contributed by atoms with Gasteiger partial charge in [0.05, 0.1) is 28.2 Å². The number of azo groups is 2. The molecule has 0 unspecified atom stereocenters. The highest BCUT2D eigenvalue weighted by atomic mass is 16.5. The number of esters is 1. The molecule has 0 aliphatic heterocycles. The Bertz CT molecular complexity index is 1310. The van der Waals surface area contributed by atoms with Crippen LogP contribution in [0, 0.1) is 17.8 Å². The number of benzene rings is 3. The number of rotatable bonds is 11. The van der Waals surface area contributed by atoms with E-state index in [0.717, 1.165) is 11.3 Å². The van der Waals surface area contributed by atoms with Crippen LogP contribution in [0.3, 0.4) is 0 Å². The van der Waals surface area contributed by atoms with Gasteiger partial charge in [-0.15, -0.1) is 0 Å². The molecule has 0 spiro atoms. The lowest BCUT2D eigenvalue weighted by molar-refractivity contribution is -0.145. The van der Waals surface area contributed by atoms with Crippen LogP contribution in [0.15, 0.2) is 93.3 Å². The van der Waals surface area contributed by atoms with Gasteiger partial charge in [-0.3, -0.25) is 9.59 Å². The van der Waals surface area contributed by atoms with Crippen LogP contribution in [-0.4, -0.2) is 23.5 Å². The number of aliphatic hydroxyl groups excluding tert-OH is 1. The van der Waals surface area contributed by atoms with Crippen LogP contribution >= 0.6 is 0 Å². The minimum atomic E-state index is -0.801. The molecule has 0 aromatic heterocycles. The van der Waals surface area contributed by atoms with Gasteiger partial charge in [0.25, 0.3) is 0 Å². The van der Waals surface area contributed by atoms with Gasteiger partial charge in [0.15, 0.2) is 5.78 Å². The normalized spacial score (nSPS) is 12.3. The highest BCUT2D eigenvalue weighted by Crippen LogP contribution is 2.34. The molecule has 0 saturated carbocycles. The van der Waals surface area contributed by atoms with Crippen LogP contribution in [0.1, 0.15) is 46.1 Å². The van der Waals surface area contributed by atoms with E-state index in [1.807, 2.05) is 61.5 Å². The largest absolute Gasteiger partial charge is 0.426 e. The number of aliphatic hydroxyl groups is 1. The summed E-state index contributed by atoms with van der Waals surface area (Å²) in [5.41, 5.74) is 2.02. The summed E-state index contributed by atoms with van der Waals surface area (Å²) in [6, 6.07) is 22.0. The number of nitrogens with zero attached hydrogens (tertiary/aromatic N) is 4. The Morgan fingerprint density at radius 1 is 0.711 bits per heavy atom. The van der Waals surface area contributed by atoms with Crippen molar-refractivity contribution in [3.63, 3.8) is 0 Å². The van der Waals surface area contributed by atoms with Gasteiger partial charge in [-0.05, 0) is 93.8 Å². The molecule has 0 atom stereocenters. The van der Waals surface area contributed by atoms with Gasteiger partial charge in [-0.2, -0.15) is 20.5 Å². The third kappa shape index (κ3) is 7.98. The molecule has 0 aliphatic carbocycles. The Kier molecular flexibility index (Phi) is 9.36. The molecule has 8 nitrogen and oxygen atoms in total. The number of ether oxygens (including phenoxy) is 1. The summed E-state index contributed by atoms with van der Waals surface area (Å²) >= 11 is 0. The zero-order chi connectivity index (χ0) is 27.8. The molecule has 3 aromatic carbocycles. The fourth-order valence-electron chi connectivity index (χ4n) is 3.44. The van der Waals surface area contributed by atoms with Crippen molar-refractivity contribution in [3.8, 4) is 5.75 Å². The molecule has 3 aromatic rings. The second-order valence-electron chi connectivity index (χ2n) is 10.4. The Morgan fingerprint density at radius 3 is 1.71 bits per heavy atom. The molecule has 0 heterocycles. The molecule has 3 rings (SSSR count). The molecule has 0 saturated heterocycles. The number of carbonyl (C=O) groups is 2. The number of Topliss-reactive ketones (excluding diaryl/α,β-unsaturated/α-hetero) is 1. The van der Waals surface area contributed by atoms with Gasteiger partial charge in [-0.25, -0.2) is 0 Å². The highest BCUT2D eigenvalue weighted by molar-refractivity contribution is 5.85. The van der Waals surface area contributed by atoms with Gasteiger partial charge in [-0.1, -0.05) is 32.0 Å². The van der Waals surface area contributed by atoms with E-state index in [4.69, 9.17) is 9.84 Å². The van der Waals surface area contributed by atoms with E-state index >= 15 is 0 Å². The molecular formula is C30H34N4O4. The standard InChI is InChI=1S/C30H34N4O4/c1-21-19-25(34-33-24-13-11-23(12-14-24)32-31-22-9-7-6-8-10-22)15-16-26(21)38-28(37)30(4,5)18-17-29(2,3)27(36)20-35/h6-16,19,35H,17-18,20H2,1-5H3. The molecule has 198 valence electrons. The summed E-state index contributed by atoms with van der Waals surface area (Å²) in [6.07, 6.45) is 0.909. The topological polar surface area (TPSA) is 113 Å². The maximum absolute atomic E-state index is 12.9. The van der Waals surface area contributed by atoms with E-state index in [2.05, 4.69) is 20.5 Å². The molecule has 8 heteroatoms. The molecule has 38 heavy (non-hydrogen) atoms. The number of aryl methyl sites for hydroxylation is 1. The van der Waals surface area contributed by atoms with E-state index in [1.54, 1.807) is 45.9 Å². The summed E-state index contributed by atoms with van der Waals surface area (Å²) < 4.78 is 5.68. The molecule has 0 bridgehead atoms. The summed E-state index contributed by atoms with van der Waals surface area (Å²) in [7, 11) is 0. The zero-order valence-corrected chi connectivity index (χ0v) is 22.5. The van der Waals surface area contributed by atoms with Crippen molar-refractivity contribution >= 4 is 34.5 Å². The van der Waals surface area contributed by atoms with Crippen molar-refractivity contribution in [1.29, 1.82) is 0 Å². The molecule has 0 fully saturated rings. The smallest absolute Gasteiger partial charge is 0.316 e. The van der Waals surface area contributed by atoms with Crippen molar-refractivity contribution in [1.82, 2.24) is 0 Å². The van der Waals surface area contributed by atoms with E-state index in [-0.39, 0.29) is 11.8 Å². The first-order valence-electron chi connectivity index (χ1n) is 12.5. The van der Waals surface area contributed by atoms with Crippen LogP contribution in [0.2, 0.25) is 0 Å². The molecule has 0 radical (unpaired) electrons. The summed E-state index contributed by atoms with van der Waals surface area (Å²) in [5, 5.41) is 26.1. The number of ketones is 1. The highest BCUT2D eigenvalue weighted by Gasteiger charge is 2.35. The van der Waals surface area contributed by atoms with E-state index < -0.39 is 17.4 Å². The molecular weight excluding hydrogens is 480 g/mol. The van der Waals surface area contributed by atoms with Crippen LogP contribution in [0.4, 0.5) is 22.7 Å². The predicted molar refractivity (Wildman–Crippen MR) is 147 cm³/mol. The fraction of sp³-hybridized carbons (Fsp3) is 0.333. The molecule has 0 amide bonds. The lowest BCUT2D eigenvalue weighted by Crippen LogP contribution is -2.33. The number of carbonyl (C=O) groups excluding carboxylic acids is 2. The van der Waals surface area contributed by atoms with Crippen molar-refractivity contribution in [2.75, 3.05) is 6.61 Å². The summed E-state index contributed by atoms with van der Waals surface area (Å²) in [4.78, 5) is 24.8. The average Bonchev–Trinajstić information content (AvgIpc) is 2.91. The zero-order valence-electron chi connectivity index (χ0n) is 22.5. The van der Waals surface area contributed by atoms with Crippen molar-refractivity contribution in [2.24, 2.45) is 31.3 Å². The van der Waals surface area contributed by atoms with Gasteiger partial charge in [0, 0.05) is 5.41 Å². The van der Waals surface area contributed by atoms with E-state index in [0.29, 0.717) is 35.7 Å². The fourth-order valence-corrected chi connectivity index (χ4v) is 3.44. The van der Waals surface area contributed by atoms with Crippen molar-refractivity contribution in [3.05, 3.63) is 78.4 Å². The number of hydrogen-bond acceptors (Lipinski definition) is 8. The van der Waals surface area contributed by atoms with Gasteiger partial charge < -0.3 is 9.84 Å². The second kappa shape index (κ2) is 12.5. The van der Waals surface area contributed by atoms with Gasteiger partial charge >= 0.3 is 5.97 Å². The van der Waals surface area contributed by atoms with Gasteiger partial charge in [0.1, 0.15) is 12.4 Å². The monoisotopic (exact) mass is 514 g/mol. The van der Waals surface area contributed by atoms with E-state index in [1.165, 1.54) is 0 Å². The first-order chi connectivity index (χ1) is 18.0. The second-order valence-corrected chi connectivity index (χ2v) is 10.4. The summed E-state index contributed by atoms with van der Waals surface area (Å²) in [5.74, 6) is -0.181. The third-order valence-electron chi connectivity index (χ3n) is 6.35.